The summed E-state index contributed by atoms with van der Waals surface area (Å²) >= 11 is 0. The van der Waals surface area contributed by atoms with Crippen molar-refractivity contribution in [3.05, 3.63) is 41.6 Å². The largest absolute Gasteiger partial charge is 0.374 e. The lowest BCUT2D eigenvalue weighted by Crippen LogP contribution is -2.38. The molecule has 0 saturated carbocycles. The van der Waals surface area contributed by atoms with Crippen LogP contribution in [0, 0.1) is 6.92 Å². The number of carbonyl (C=O) groups excluding carboxylic acids is 1. The molecule has 1 aromatic heterocycles. The minimum Gasteiger partial charge on any atom is -0.374 e. The van der Waals surface area contributed by atoms with Crippen molar-refractivity contribution in [3.63, 3.8) is 0 Å². The van der Waals surface area contributed by atoms with Crippen LogP contribution in [0.1, 0.15) is 63.3 Å². The van der Waals surface area contributed by atoms with Crippen molar-refractivity contribution in [2.75, 3.05) is 19.7 Å². The number of amides is 1. The van der Waals surface area contributed by atoms with E-state index in [4.69, 9.17) is 9.84 Å². The Morgan fingerprint density at radius 3 is 2.48 bits per heavy atom. The molecule has 1 aromatic carbocycles. The summed E-state index contributed by atoms with van der Waals surface area (Å²) in [5.74, 6) is 0.257. The quantitative estimate of drug-likeness (QED) is 0.751. The van der Waals surface area contributed by atoms with Gasteiger partial charge in [0.2, 0.25) is 5.91 Å². The highest BCUT2D eigenvalue weighted by Crippen LogP contribution is 2.28. The summed E-state index contributed by atoms with van der Waals surface area (Å²) in [5, 5.41) is 4.89. The molecule has 1 saturated heterocycles. The van der Waals surface area contributed by atoms with E-state index in [1.54, 1.807) is 0 Å². The lowest BCUT2D eigenvalue weighted by molar-refractivity contribution is -0.132. The molecule has 1 aliphatic rings. The van der Waals surface area contributed by atoms with E-state index in [0.717, 1.165) is 43.8 Å². The van der Waals surface area contributed by atoms with Gasteiger partial charge in [-0.2, -0.15) is 5.10 Å². The second-order valence-corrected chi connectivity index (χ2v) is 7.33. The van der Waals surface area contributed by atoms with Crippen molar-refractivity contribution >= 4 is 5.91 Å². The minimum atomic E-state index is 0.110. The number of hydrogen-bond donors (Lipinski definition) is 0. The topological polar surface area (TPSA) is 47.4 Å². The smallest absolute Gasteiger partial charge is 0.222 e. The van der Waals surface area contributed by atoms with Crippen LogP contribution in [0.4, 0.5) is 0 Å². The maximum absolute atomic E-state index is 11.9. The molecule has 0 N–H and O–H groups in total. The Hall–Kier alpha value is -2.14. The molecule has 5 heteroatoms. The molecule has 1 fully saturated rings. The van der Waals surface area contributed by atoms with Gasteiger partial charge in [0.15, 0.2) is 0 Å². The van der Waals surface area contributed by atoms with Crippen LogP contribution in [0.5, 0.6) is 0 Å². The summed E-state index contributed by atoms with van der Waals surface area (Å²) in [4.78, 5) is 13.8. The van der Waals surface area contributed by atoms with Crippen molar-refractivity contribution in [2.45, 2.75) is 59.1 Å². The molecule has 146 valence electrons. The Bertz CT molecular complexity index is 758. The molecule has 1 unspecified atom stereocenters. The third-order valence-electron chi connectivity index (χ3n) is 5.48. The second-order valence-electron chi connectivity index (χ2n) is 7.33. The monoisotopic (exact) mass is 369 g/mol. The molecule has 0 bridgehead atoms. The molecular formula is C22H31N3O2. The van der Waals surface area contributed by atoms with Crippen LogP contribution in [0.25, 0.3) is 11.3 Å². The zero-order chi connectivity index (χ0) is 19.4. The van der Waals surface area contributed by atoms with Crippen LogP contribution in [0.2, 0.25) is 0 Å². The maximum atomic E-state index is 11.9. The van der Waals surface area contributed by atoms with Gasteiger partial charge in [0.25, 0.3) is 0 Å². The summed E-state index contributed by atoms with van der Waals surface area (Å²) in [6, 6.07) is 8.89. The Morgan fingerprint density at radius 2 is 1.89 bits per heavy atom. The van der Waals surface area contributed by atoms with E-state index < -0.39 is 0 Å². The van der Waals surface area contributed by atoms with Crippen molar-refractivity contribution in [2.24, 2.45) is 0 Å². The first-order valence-corrected chi connectivity index (χ1v) is 10.1. The molecule has 3 rings (SSSR count). The van der Waals surface area contributed by atoms with E-state index >= 15 is 0 Å². The standard InChI is InChI=1S/C22H31N3O2/c1-5-21(26)24-13-11-20(12-14-24)25-15-16(3)22(23-25)19-9-7-18(8-10-19)17(4)27-6-2/h7-10,15,17,20H,5-6,11-14H2,1-4H3. The van der Waals surface area contributed by atoms with Gasteiger partial charge < -0.3 is 9.64 Å². The second kappa shape index (κ2) is 8.70. The van der Waals surface area contributed by atoms with Crippen LogP contribution < -0.4 is 0 Å². The van der Waals surface area contributed by atoms with Crippen molar-refractivity contribution in [1.29, 1.82) is 0 Å². The van der Waals surface area contributed by atoms with Gasteiger partial charge in [0, 0.05) is 37.9 Å². The molecule has 0 aliphatic carbocycles. The number of rotatable bonds is 6. The van der Waals surface area contributed by atoms with E-state index in [2.05, 4.69) is 49.0 Å². The highest BCUT2D eigenvalue weighted by molar-refractivity contribution is 5.75. The number of ether oxygens (including phenoxy) is 1. The number of benzene rings is 1. The van der Waals surface area contributed by atoms with Crippen molar-refractivity contribution < 1.29 is 9.53 Å². The van der Waals surface area contributed by atoms with Crippen LogP contribution in [-0.4, -0.2) is 40.3 Å². The van der Waals surface area contributed by atoms with Crippen molar-refractivity contribution in [1.82, 2.24) is 14.7 Å². The Morgan fingerprint density at radius 1 is 1.22 bits per heavy atom. The molecule has 0 radical (unpaired) electrons. The molecule has 27 heavy (non-hydrogen) atoms. The molecule has 0 spiro atoms. The first kappa shape index (κ1) is 19.6. The number of carbonyl (C=O) groups is 1. The van der Waals surface area contributed by atoms with Crippen LogP contribution in [0.3, 0.4) is 0 Å². The van der Waals surface area contributed by atoms with Crippen LogP contribution >= 0.6 is 0 Å². The molecule has 2 heterocycles. The predicted molar refractivity (Wildman–Crippen MR) is 108 cm³/mol. The molecule has 1 amide bonds. The Kier molecular flexibility index (Phi) is 6.32. The van der Waals surface area contributed by atoms with Crippen LogP contribution in [0.15, 0.2) is 30.5 Å². The fraction of sp³-hybridized carbons (Fsp3) is 0.545. The van der Waals surface area contributed by atoms with Gasteiger partial charge >= 0.3 is 0 Å². The average molecular weight is 370 g/mol. The Labute approximate surface area is 162 Å². The molecule has 5 nitrogen and oxygen atoms in total. The fourth-order valence-electron chi connectivity index (χ4n) is 3.82. The summed E-state index contributed by atoms with van der Waals surface area (Å²) in [6.07, 6.45) is 4.79. The zero-order valence-corrected chi connectivity index (χ0v) is 16.9. The number of hydrogen-bond acceptors (Lipinski definition) is 3. The van der Waals surface area contributed by atoms with Gasteiger partial charge in [0.1, 0.15) is 0 Å². The van der Waals surface area contributed by atoms with E-state index in [1.165, 1.54) is 11.1 Å². The summed E-state index contributed by atoms with van der Waals surface area (Å²) in [7, 11) is 0. The molecule has 2 aromatic rings. The summed E-state index contributed by atoms with van der Waals surface area (Å²) < 4.78 is 7.77. The Balaban J connectivity index is 1.71. The molecule has 1 atom stereocenters. The normalized spacial score (nSPS) is 16.5. The van der Waals surface area contributed by atoms with Gasteiger partial charge in [0.05, 0.1) is 17.8 Å². The lowest BCUT2D eigenvalue weighted by Gasteiger charge is -2.32. The van der Waals surface area contributed by atoms with Gasteiger partial charge in [-0.05, 0) is 44.7 Å². The maximum Gasteiger partial charge on any atom is 0.222 e. The molecular weight excluding hydrogens is 338 g/mol. The lowest BCUT2D eigenvalue weighted by atomic mass is 10.0. The van der Waals surface area contributed by atoms with Crippen LogP contribution in [-0.2, 0) is 9.53 Å². The highest BCUT2D eigenvalue weighted by atomic mass is 16.5. The SMILES string of the molecule is CCOC(C)c1ccc(-c2nn(C3CCN(C(=O)CC)CC3)cc2C)cc1. The first-order valence-electron chi connectivity index (χ1n) is 10.1. The number of aromatic nitrogens is 2. The minimum absolute atomic E-state index is 0.110. The number of nitrogens with zero attached hydrogens (tertiary/aromatic N) is 3. The van der Waals surface area contributed by atoms with Gasteiger partial charge in [-0.15, -0.1) is 0 Å². The number of aryl methyl sites for hydroxylation is 1. The van der Waals surface area contributed by atoms with E-state index in [-0.39, 0.29) is 12.0 Å². The summed E-state index contributed by atoms with van der Waals surface area (Å²) in [5.41, 5.74) is 4.55. The van der Waals surface area contributed by atoms with Crippen molar-refractivity contribution in [3.8, 4) is 11.3 Å². The number of piperidine rings is 1. The third-order valence-corrected chi connectivity index (χ3v) is 5.48. The average Bonchev–Trinajstić information content (AvgIpc) is 3.09. The molecule has 1 aliphatic heterocycles. The first-order chi connectivity index (χ1) is 13.0. The van der Waals surface area contributed by atoms with Gasteiger partial charge in [-0.25, -0.2) is 0 Å². The van der Waals surface area contributed by atoms with E-state index in [1.807, 2.05) is 18.7 Å². The predicted octanol–water partition coefficient (Wildman–Crippen LogP) is 4.53. The highest BCUT2D eigenvalue weighted by Gasteiger charge is 2.24. The fourth-order valence-corrected chi connectivity index (χ4v) is 3.82. The van der Waals surface area contributed by atoms with Gasteiger partial charge in [-0.3, -0.25) is 9.48 Å². The zero-order valence-electron chi connectivity index (χ0n) is 16.9. The third kappa shape index (κ3) is 4.41. The summed E-state index contributed by atoms with van der Waals surface area (Å²) in [6.45, 7) is 10.5. The van der Waals surface area contributed by atoms with E-state index in [0.29, 0.717) is 12.5 Å². The number of likely N-dealkylation sites (tertiary alicyclic amines) is 1. The van der Waals surface area contributed by atoms with Gasteiger partial charge in [-0.1, -0.05) is 31.2 Å². The van der Waals surface area contributed by atoms with E-state index in [9.17, 15) is 4.79 Å².